The quantitative estimate of drug-likeness (QED) is 0.862. The maximum atomic E-state index is 12.8. The number of aromatic nitrogens is 2. The van der Waals surface area contributed by atoms with Crippen LogP contribution in [-0.4, -0.2) is 44.5 Å². The second kappa shape index (κ2) is 5.12. The maximum Gasteiger partial charge on any atom is 0.326 e. The van der Waals surface area contributed by atoms with E-state index in [1.807, 2.05) is 0 Å². The molecule has 7 heteroatoms. The molecule has 0 spiro atoms. The lowest BCUT2D eigenvalue weighted by Crippen LogP contribution is -2.48. The van der Waals surface area contributed by atoms with E-state index in [0.717, 1.165) is 23.4 Å². The topological polar surface area (TPSA) is 95.5 Å². The van der Waals surface area contributed by atoms with Crippen molar-refractivity contribution in [2.75, 3.05) is 6.61 Å². The van der Waals surface area contributed by atoms with Crippen molar-refractivity contribution in [1.29, 1.82) is 0 Å². The third kappa shape index (κ3) is 2.25. The van der Waals surface area contributed by atoms with Crippen LogP contribution in [0.5, 0.6) is 5.75 Å². The van der Waals surface area contributed by atoms with Crippen molar-refractivity contribution in [3.8, 4) is 5.75 Å². The average Bonchev–Trinajstić information content (AvgIpc) is 3.20. The van der Waals surface area contributed by atoms with Crippen molar-refractivity contribution >= 4 is 11.9 Å². The number of hydrogen-bond donors (Lipinski definition) is 2. The molecule has 2 N–H and O–H groups in total. The van der Waals surface area contributed by atoms with Gasteiger partial charge in [-0.3, -0.25) is 4.79 Å². The van der Waals surface area contributed by atoms with E-state index < -0.39 is 12.0 Å². The molecule has 1 amide bonds. The first-order valence-electron chi connectivity index (χ1n) is 7.44. The number of carboxylic acid groups (broad SMARTS) is 1. The van der Waals surface area contributed by atoms with Gasteiger partial charge in [0.2, 0.25) is 0 Å². The molecule has 2 aliphatic rings. The van der Waals surface area contributed by atoms with Crippen LogP contribution in [0, 0.1) is 0 Å². The normalized spacial score (nSPS) is 19.0. The molecule has 7 nitrogen and oxygen atoms in total. The zero-order valence-electron chi connectivity index (χ0n) is 12.3. The zero-order valence-corrected chi connectivity index (χ0v) is 12.3. The molecule has 3 heterocycles. The molecule has 0 saturated heterocycles. The van der Waals surface area contributed by atoms with Crippen LogP contribution in [0.4, 0.5) is 0 Å². The van der Waals surface area contributed by atoms with Crippen molar-refractivity contribution in [3.63, 3.8) is 0 Å². The molecule has 118 valence electrons. The van der Waals surface area contributed by atoms with Gasteiger partial charge in [-0.1, -0.05) is 0 Å². The second-order valence-corrected chi connectivity index (χ2v) is 5.74. The first-order chi connectivity index (χ1) is 11.1. The smallest absolute Gasteiger partial charge is 0.326 e. The van der Waals surface area contributed by atoms with Crippen LogP contribution in [-0.2, 0) is 24.2 Å². The lowest BCUT2D eigenvalue weighted by molar-refractivity contribution is -0.142. The molecular formula is C16H15N3O4. The number of carbonyl (C=O) groups is 2. The summed E-state index contributed by atoms with van der Waals surface area (Å²) in [6.07, 6.45) is 2.52. The highest BCUT2D eigenvalue weighted by Gasteiger charge is 2.36. The number of amides is 1. The highest BCUT2D eigenvalue weighted by molar-refractivity contribution is 5.97. The number of nitrogens with one attached hydrogen (secondary N) is 1. The summed E-state index contributed by atoms with van der Waals surface area (Å²) >= 11 is 0. The van der Waals surface area contributed by atoms with Gasteiger partial charge in [0.15, 0.2) is 0 Å². The molecule has 0 saturated carbocycles. The van der Waals surface area contributed by atoms with Gasteiger partial charge in [-0.15, -0.1) is 0 Å². The lowest BCUT2D eigenvalue weighted by Gasteiger charge is -2.32. The predicted octanol–water partition coefficient (Wildman–Crippen LogP) is 0.996. The van der Waals surface area contributed by atoms with Gasteiger partial charge in [0.25, 0.3) is 5.91 Å². The van der Waals surface area contributed by atoms with E-state index in [2.05, 4.69) is 9.97 Å². The SMILES string of the molecule is O=C(O)[C@@H]1Cc2nc[nH]c2CN1C(=O)c1ccc2c(c1)CCO2. The van der Waals surface area contributed by atoms with Crippen LogP contribution in [0.15, 0.2) is 24.5 Å². The summed E-state index contributed by atoms with van der Waals surface area (Å²) < 4.78 is 5.44. The Kier molecular flexibility index (Phi) is 3.07. The highest BCUT2D eigenvalue weighted by Crippen LogP contribution is 2.28. The number of H-pyrrole nitrogens is 1. The number of benzene rings is 1. The number of ether oxygens (including phenoxy) is 1. The van der Waals surface area contributed by atoms with Gasteiger partial charge in [0.1, 0.15) is 11.8 Å². The summed E-state index contributed by atoms with van der Waals surface area (Å²) in [6, 6.07) is 4.36. The van der Waals surface area contributed by atoms with Crippen molar-refractivity contribution in [2.24, 2.45) is 0 Å². The molecule has 23 heavy (non-hydrogen) atoms. The molecule has 0 radical (unpaired) electrons. The minimum Gasteiger partial charge on any atom is -0.493 e. The average molecular weight is 313 g/mol. The van der Waals surface area contributed by atoms with Gasteiger partial charge in [-0.2, -0.15) is 0 Å². The molecule has 4 rings (SSSR count). The Bertz CT molecular complexity index is 798. The van der Waals surface area contributed by atoms with E-state index in [4.69, 9.17) is 4.74 Å². The Morgan fingerprint density at radius 3 is 3.09 bits per heavy atom. The molecule has 2 aromatic rings. The minimum absolute atomic E-state index is 0.216. The van der Waals surface area contributed by atoms with Crippen molar-refractivity contribution < 1.29 is 19.4 Å². The fourth-order valence-electron chi connectivity index (χ4n) is 3.16. The summed E-state index contributed by atoms with van der Waals surface area (Å²) in [7, 11) is 0. The fourth-order valence-corrected chi connectivity index (χ4v) is 3.16. The summed E-state index contributed by atoms with van der Waals surface area (Å²) in [4.78, 5) is 32.9. The molecule has 0 unspecified atom stereocenters. The van der Waals surface area contributed by atoms with E-state index in [1.165, 1.54) is 11.2 Å². The number of nitrogens with zero attached hydrogens (tertiary/aromatic N) is 2. The van der Waals surface area contributed by atoms with E-state index in [-0.39, 0.29) is 18.9 Å². The Balaban J connectivity index is 1.67. The second-order valence-electron chi connectivity index (χ2n) is 5.74. The van der Waals surface area contributed by atoms with E-state index in [9.17, 15) is 14.7 Å². The van der Waals surface area contributed by atoms with Crippen LogP contribution in [0.3, 0.4) is 0 Å². The first-order valence-corrected chi connectivity index (χ1v) is 7.44. The molecule has 0 bridgehead atoms. The lowest BCUT2D eigenvalue weighted by atomic mass is 10.0. The van der Waals surface area contributed by atoms with E-state index in [0.29, 0.717) is 17.9 Å². The summed E-state index contributed by atoms with van der Waals surface area (Å²) in [5.41, 5.74) is 2.98. The Morgan fingerprint density at radius 1 is 1.39 bits per heavy atom. The van der Waals surface area contributed by atoms with Gasteiger partial charge in [-0.05, 0) is 23.8 Å². The van der Waals surface area contributed by atoms with E-state index >= 15 is 0 Å². The van der Waals surface area contributed by atoms with Gasteiger partial charge in [0, 0.05) is 18.4 Å². The Morgan fingerprint density at radius 2 is 2.26 bits per heavy atom. The van der Waals surface area contributed by atoms with E-state index in [1.54, 1.807) is 18.2 Å². The number of hydrogen-bond acceptors (Lipinski definition) is 4. The summed E-state index contributed by atoms with van der Waals surface area (Å²) in [6.45, 7) is 0.838. The van der Waals surface area contributed by atoms with Gasteiger partial charge >= 0.3 is 5.97 Å². The van der Waals surface area contributed by atoms with Crippen LogP contribution >= 0.6 is 0 Å². The number of carbonyl (C=O) groups excluding carboxylic acids is 1. The number of aliphatic carboxylic acids is 1. The summed E-state index contributed by atoms with van der Waals surface area (Å²) in [5, 5.41) is 9.47. The number of rotatable bonds is 2. The van der Waals surface area contributed by atoms with Crippen molar-refractivity contribution in [2.45, 2.75) is 25.4 Å². The monoisotopic (exact) mass is 313 g/mol. The molecule has 1 aromatic heterocycles. The minimum atomic E-state index is -1.02. The third-order valence-corrected chi connectivity index (χ3v) is 4.38. The number of imidazole rings is 1. The number of fused-ring (bicyclic) bond motifs is 2. The largest absolute Gasteiger partial charge is 0.493 e. The summed E-state index contributed by atoms with van der Waals surface area (Å²) in [5.74, 6) is -0.505. The van der Waals surface area contributed by atoms with Crippen LogP contribution in [0.2, 0.25) is 0 Å². The van der Waals surface area contributed by atoms with Gasteiger partial charge in [0.05, 0.1) is 30.9 Å². The first kappa shape index (κ1) is 13.8. The number of aromatic amines is 1. The Labute approximate surface area is 131 Å². The molecule has 1 atom stereocenters. The van der Waals surface area contributed by atoms with Gasteiger partial charge in [-0.25, -0.2) is 9.78 Å². The van der Waals surface area contributed by atoms with Crippen molar-refractivity contribution in [3.05, 3.63) is 47.0 Å². The molecule has 1 aromatic carbocycles. The molecular weight excluding hydrogens is 298 g/mol. The van der Waals surface area contributed by atoms with Crippen LogP contribution < -0.4 is 4.74 Å². The van der Waals surface area contributed by atoms with Crippen LogP contribution in [0.1, 0.15) is 27.3 Å². The fraction of sp³-hybridized carbons (Fsp3) is 0.312. The van der Waals surface area contributed by atoms with Crippen LogP contribution in [0.25, 0.3) is 0 Å². The molecule has 0 fully saturated rings. The molecule has 2 aliphatic heterocycles. The standard InChI is InChI=1S/C16H15N3O4/c20-15(10-1-2-14-9(5-10)3-4-23-14)19-7-12-11(17-8-18-12)6-13(19)16(21)22/h1-2,5,8,13H,3-4,6-7H2,(H,17,18)(H,21,22)/t13-/m0/s1. The number of carboxylic acids is 1. The molecule has 0 aliphatic carbocycles. The third-order valence-electron chi connectivity index (χ3n) is 4.38. The highest BCUT2D eigenvalue weighted by atomic mass is 16.5. The van der Waals surface area contributed by atoms with Gasteiger partial charge < -0.3 is 19.7 Å². The zero-order chi connectivity index (χ0) is 16.0. The maximum absolute atomic E-state index is 12.8. The van der Waals surface area contributed by atoms with Crippen molar-refractivity contribution in [1.82, 2.24) is 14.9 Å². The Hall–Kier alpha value is -2.83. The predicted molar refractivity (Wildman–Crippen MR) is 79.2 cm³/mol.